The van der Waals surface area contributed by atoms with Crippen LogP contribution in [-0.2, 0) is 6.54 Å². The van der Waals surface area contributed by atoms with Crippen molar-refractivity contribution in [2.75, 3.05) is 13.1 Å². The van der Waals surface area contributed by atoms with Crippen LogP contribution in [-0.4, -0.2) is 32.5 Å². The first-order valence-corrected chi connectivity index (χ1v) is 10.1. The first-order chi connectivity index (χ1) is 13.6. The van der Waals surface area contributed by atoms with Gasteiger partial charge in [0.05, 0.1) is 0 Å². The maximum absolute atomic E-state index is 13.2. The number of aromatic nitrogens is 3. The summed E-state index contributed by atoms with van der Waals surface area (Å²) >= 11 is 0. The molecule has 28 heavy (non-hydrogen) atoms. The summed E-state index contributed by atoms with van der Waals surface area (Å²) in [6.45, 7) is 7.21. The van der Waals surface area contributed by atoms with Gasteiger partial charge in [-0.1, -0.05) is 32.0 Å². The van der Waals surface area contributed by atoms with Crippen molar-refractivity contribution >= 4 is 0 Å². The summed E-state index contributed by atoms with van der Waals surface area (Å²) in [7, 11) is 0. The van der Waals surface area contributed by atoms with E-state index >= 15 is 0 Å². The fourth-order valence-electron chi connectivity index (χ4n) is 4.03. The van der Waals surface area contributed by atoms with E-state index < -0.39 is 0 Å². The minimum atomic E-state index is -0.179. The van der Waals surface area contributed by atoms with Crippen LogP contribution >= 0.6 is 0 Å². The monoisotopic (exact) mass is 378 g/mol. The minimum absolute atomic E-state index is 0.179. The Kier molecular flexibility index (Phi) is 5.53. The Bertz CT molecular complexity index is 916. The fourth-order valence-corrected chi connectivity index (χ4v) is 4.03. The van der Waals surface area contributed by atoms with E-state index in [9.17, 15) is 4.39 Å². The molecule has 0 bridgehead atoms. The Morgan fingerprint density at radius 2 is 1.96 bits per heavy atom. The lowest BCUT2D eigenvalue weighted by Gasteiger charge is -2.32. The normalized spacial score (nSPS) is 17.9. The summed E-state index contributed by atoms with van der Waals surface area (Å²) in [5.41, 5.74) is 2.30. The van der Waals surface area contributed by atoms with E-state index in [2.05, 4.69) is 46.5 Å². The van der Waals surface area contributed by atoms with Gasteiger partial charge in [-0.3, -0.25) is 9.47 Å². The van der Waals surface area contributed by atoms with E-state index in [0.717, 1.165) is 55.4 Å². The van der Waals surface area contributed by atoms with Crippen LogP contribution in [0.5, 0.6) is 0 Å². The average Bonchev–Trinajstić information content (AvgIpc) is 3.20. The molecule has 0 unspecified atom stereocenters. The van der Waals surface area contributed by atoms with Crippen LogP contribution in [0, 0.1) is 5.82 Å². The standard InChI is InChI=1S/C23H27FN4/c1-17(2)23-25-12-14-28(23)22-7-3-6-21(26-22)19-5-4-13-27(16-19)15-18-8-10-20(24)11-9-18/h3,6-12,14,17,19H,4-5,13,15-16H2,1-2H3/t19-/m0/s1. The van der Waals surface area contributed by atoms with Crippen LogP contribution < -0.4 is 0 Å². The third kappa shape index (κ3) is 4.14. The largest absolute Gasteiger partial charge is 0.298 e. The predicted octanol–water partition coefficient (Wildman–Crippen LogP) is 4.91. The summed E-state index contributed by atoms with van der Waals surface area (Å²) < 4.78 is 15.2. The zero-order valence-corrected chi connectivity index (χ0v) is 16.6. The van der Waals surface area contributed by atoms with Crippen molar-refractivity contribution in [1.29, 1.82) is 0 Å². The van der Waals surface area contributed by atoms with E-state index in [0.29, 0.717) is 11.8 Å². The molecule has 146 valence electrons. The maximum Gasteiger partial charge on any atom is 0.138 e. The van der Waals surface area contributed by atoms with Gasteiger partial charge in [-0.05, 0) is 49.2 Å². The molecular weight excluding hydrogens is 351 g/mol. The van der Waals surface area contributed by atoms with Gasteiger partial charge < -0.3 is 0 Å². The number of benzene rings is 1. The molecule has 0 amide bonds. The quantitative estimate of drug-likeness (QED) is 0.633. The van der Waals surface area contributed by atoms with E-state index in [1.54, 1.807) is 12.1 Å². The van der Waals surface area contributed by atoms with Crippen LogP contribution in [0.25, 0.3) is 5.82 Å². The number of rotatable bonds is 5. The topological polar surface area (TPSA) is 34.0 Å². The number of imidazole rings is 1. The van der Waals surface area contributed by atoms with Gasteiger partial charge in [0.25, 0.3) is 0 Å². The van der Waals surface area contributed by atoms with Gasteiger partial charge in [0.2, 0.25) is 0 Å². The highest BCUT2D eigenvalue weighted by Gasteiger charge is 2.23. The Morgan fingerprint density at radius 1 is 1.14 bits per heavy atom. The van der Waals surface area contributed by atoms with Gasteiger partial charge in [-0.2, -0.15) is 0 Å². The second-order valence-electron chi connectivity index (χ2n) is 7.93. The van der Waals surface area contributed by atoms with Crippen molar-refractivity contribution in [3.8, 4) is 5.82 Å². The van der Waals surface area contributed by atoms with Crippen molar-refractivity contribution in [2.45, 2.75) is 45.1 Å². The van der Waals surface area contributed by atoms with E-state index in [-0.39, 0.29) is 5.82 Å². The van der Waals surface area contributed by atoms with E-state index in [1.165, 1.54) is 0 Å². The molecule has 3 aromatic rings. The highest BCUT2D eigenvalue weighted by molar-refractivity contribution is 5.29. The Hall–Kier alpha value is -2.53. The zero-order valence-electron chi connectivity index (χ0n) is 16.6. The molecule has 1 saturated heterocycles. The fraction of sp³-hybridized carbons (Fsp3) is 0.391. The molecule has 0 spiro atoms. The number of halogens is 1. The molecular formula is C23H27FN4. The van der Waals surface area contributed by atoms with Crippen molar-refractivity contribution < 1.29 is 4.39 Å². The molecule has 4 rings (SSSR count). The molecule has 3 heterocycles. The summed E-state index contributed by atoms with van der Waals surface area (Å²) in [6, 6.07) is 13.1. The van der Waals surface area contributed by atoms with Gasteiger partial charge in [0.1, 0.15) is 17.5 Å². The van der Waals surface area contributed by atoms with Crippen LogP contribution in [0.1, 0.15) is 55.6 Å². The van der Waals surface area contributed by atoms with Crippen LogP contribution in [0.15, 0.2) is 54.9 Å². The number of likely N-dealkylation sites (tertiary alicyclic amines) is 1. The van der Waals surface area contributed by atoms with Crippen LogP contribution in [0.4, 0.5) is 4.39 Å². The Balaban J connectivity index is 1.51. The Morgan fingerprint density at radius 3 is 2.75 bits per heavy atom. The second kappa shape index (κ2) is 8.23. The summed E-state index contributed by atoms with van der Waals surface area (Å²) in [6.07, 6.45) is 6.13. The lowest BCUT2D eigenvalue weighted by atomic mass is 9.94. The predicted molar refractivity (Wildman–Crippen MR) is 109 cm³/mol. The number of nitrogens with zero attached hydrogens (tertiary/aromatic N) is 4. The number of pyridine rings is 1. The first-order valence-electron chi connectivity index (χ1n) is 10.1. The molecule has 4 nitrogen and oxygen atoms in total. The van der Waals surface area contributed by atoms with Gasteiger partial charge in [-0.15, -0.1) is 0 Å². The average molecular weight is 378 g/mol. The highest BCUT2D eigenvalue weighted by atomic mass is 19.1. The molecule has 1 aromatic carbocycles. The minimum Gasteiger partial charge on any atom is -0.298 e. The number of piperidine rings is 1. The zero-order chi connectivity index (χ0) is 19.5. The molecule has 1 atom stereocenters. The summed E-state index contributed by atoms with van der Waals surface area (Å²) in [4.78, 5) is 11.9. The second-order valence-corrected chi connectivity index (χ2v) is 7.93. The van der Waals surface area contributed by atoms with Gasteiger partial charge in [-0.25, -0.2) is 14.4 Å². The Labute approximate surface area is 166 Å². The van der Waals surface area contributed by atoms with E-state index in [4.69, 9.17) is 4.98 Å². The molecule has 1 aliphatic heterocycles. The maximum atomic E-state index is 13.2. The van der Waals surface area contributed by atoms with Crippen molar-refractivity contribution in [3.05, 3.63) is 77.8 Å². The summed E-state index contributed by atoms with van der Waals surface area (Å²) in [5.74, 6) is 2.56. The lowest BCUT2D eigenvalue weighted by Crippen LogP contribution is -2.34. The molecule has 0 radical (unpaired) electrons. The molecule has 0 saturated carbocycles. The molecule has 2 aromatic heterocycles. The molecule has 0 aliphatic carbocycles. The molecule has 1 aliphatic rings. The number of hydrogen-bond acceptors (Lipinski definition) is 3. The SMILES string of the molecule is CC(C)c1nccn1-c1cccc([C@H]2CCCN(Cc3ccc(F)cc3)C2)n1. The third-order valence-corrected chi connectivity index (χ3v) is 5.43. The molecule has 1 fully saturated rings. The van der Waals surface area contributed by atoms with Gasteiger partial charge in [0.15, 0.2) is 0 Å². The number of hydrogen-bond donors (Lipinski definition) is 0. The van der Waals surface area contributed by atoms with Crippen LogP contribution in [0.3, 0.4) is 0 Å². The van der Waals surface area contributed by atoms with E-state index in [1.807, 2.05) is 24.5 Å². The van der Waals surface area contributed by atoms with Crippen molar-refractivity contribution in [3.63, 3.8) is 0 Å². The lowest BCUT2D eigenvalue weighted by molar-refractivity contribution is 0.198. The smallest absolute Gasteiger partial charge is 0.138 e. The third-order valence-electron chi connectivity index (χ3n) is 5.43. The van der Waals surface area contributed by atoms with Crippen molar-refractivity contribution in [2.24, 2.45) is 0 Å². The first kappa shape index (κ1) is 18.8. The van der Waals surface area contributed by atoms with Crippen molar-refractivity contribution in [1.82, 2.24) is 19.4 Å². The van der Waals surface area contributed by atoms with Crippen LogP contribution in [0.2, 0.25) is 0 Å². The molecule has 5 heteroatoms. The van der Waals surface area contributed by atoms with Gasteiger partial charge in [0, 0.05) is 43.0 Å². The highest BCUT2D eigenvalue weighted by Crippen LogP contribution is 2.27. The molecule has 0 N–H and O–H groups in total. The summed E-state index contributed by atoms with van der Waals surface area (Å²) in [5, 5.41) is 0. The van der Waals surface area contributed by atoms with Gasteiger partial charge >= 0.3 is 0 Å².